The Hall–Kier alpha value is -1.76. The normalized spacial score (nSPS) is 10.3. The zero-order valence-electron chi connectivity index (χ0n) is 11.0. The van der Waals surface area contributed by atoms with Crippen LogP contribution < -0.4 is 5.32 Å². The van der Waals surface area contributed by atoms with Crippen molar-refractivity contribution in [1.29, 1.82) is 0 Å². The van der Waals surface area contributed by atoms with Crippen molar-refractivity contribution in [2.75, 3.05) is 11.9 Å². The molecule has 0 bridgehead atoms. The van der Waals surface area contributed by atoms with Gasteiger partial charge in [-0.25, -0.2) is 0 Å². The topological polar surface area (TPSA) is 12.0 Å². The first kappa shape index (κ1) is 12.7. The molecule has 2 aromatic rings. The Morgan fingerprint density at radius 1 is 0.833 bits per heavy atom. The maximum Gasteiger partial charge on any atom is 0.0369 e. The van der Waals surface area contributed by atoms with Crippen molar-refractivity contribution in [3.05, 3.63) is 65.7 Å². The summed E-state index contributed by atoms with van der Waals surface area (Å²) in [4.78, 5) is 0. The number of hydrogen-bond donors (Lipinski definition) is 1. The lowest BCUT2D eigenvalue weighted by Gasteiger charge is -2.09. The highest BCUT2D eigenvalue weighted by Gasteiger charge is 1.96. The third kappa shape index (κ3) is 3.92. The molecule has 1 nitrogen and oxygen atoms in total. The van der Waals surface area contributed by atoms with Gasteiger partial charge in [0.2, 0.25) is 0 Å². The Balaban J connectivity index is 1.66. The van der Waals surface area contributed by atoms with Crippen LogP contribution in [0, 0.1) is 6.92 Å². The second-order valence-corrected chi connectivity index (χ2v) is 4.68. The van der Waals surface area contributed by atoms with Gasteiger partial charge in [-0.1, -0.05) is 48.5 Å². The highest BCUT2D eigenvalue weighted by molar-refractivity contribution is 5.50. The monoisotopic (exact) mass is 239 g/mol. The highest BCUT2D eigenvalue weighted by Crippen LogP contribution is 2.13. The van der Waals surface area contributed by atoms with E-state index >= 15 is 0 Å². The Kier molecular flexibility index (Phi) is 4.83. The average Bonchev–Trinajstić information content (AvgIpc) is 2.42. The molecule has 0 heterocycles. The maximum absolute atomic E-state index is 3.50. The third-order valence-electron chi connectivity index (χ3n) is 3.20. The van der Waals surface area contributed by atoms with Crippen molar-refractivity contribution >= 4 is 5.69 Å². The number of benzene rings is 2. The molecule has 0 aliphatic rings. The van der Waals surface area contributed by atoms with Crippen LogP contribution in [0.5, 0.6) is 0 Å². The number of rotatable bonds is 6. The van der Waals surface area contributed by atoms with E-state index in [1.807, 2.05) is 0 Å². The van der Waals surface area contributed by atoms with E-state index in [0.717, 1.165) is 6.54 Å². The van der Waals surface area contributed by atoms with Gasteiger partial charge >= 0.3 is 0 Å². The first-order valence-corrected chi connectivity index (χ1v) is 6.70. The molecular formula is C17H21N. The number of nitrogens with one attached hydrogen (secondary N) is 1. The lowest BCUT2D eigenvalue weighted by Crippen LogP contribution is -2.03. The van der Waals surface area contributed by atoms with Crippen molar-refractivity contribution in [3.8, 4) is 0 Å². The lowest BCUT2D eigenvalue weighted by atomic mass is 10.1. The van der Waals surface area contributed by atoms with Crippen LogP contribution in [0.25, 0.3) is 0 Å². The number of hydrogen-bond acceptors (Lipinski definition) is 1. The molecule has 0 saturated heterocycles. The number of aryl methyl sites for hydroxylation is 2. The summed E-state index contributed by atoms with van der Waals surface area (Å²) < 4.78 is 0. The summed E-state index contributed by atoms with van der Waals surface area (Å²) in [5.74, 6) is 0. The van der Waals surface area contributed by atoms with Crippen LogP contribution >= 0.6 is 0 Å². The van der Waals surface area contributed by atoms with Gasteiger partial charge in [0.15, 0.2) is 0 Å². The summed E-state index contributed by atoms with van der Waals surface area (Å²) in [6.07, 6.45) is 3.63. The minimum Gasteiger partial charge on any atom is -0.385 e. The minimum atomic E-state index is 1.05. The van der Waals surface area contributed by atoms with Crippen LogP contribution in [-0.4, -0.2) is 6.54 Å². The highest BCUT2D eigenvalue weighted by atomic mass is 14.9. The molecule has 1 N–H and O–H groups in total. The Morgan fingerprint density at radius 3 is 2.33 bits per heavy atom. The molecule has 0 amide bonds. The van der Waals surface area contributed by atoms with Crippen LogP contribution in [0.4, 0.5) is 5.69 Å². The molecule has 0 aliphatic heterocycles. The van der Waals surface area contributed by atoms with Gasteiger partial charge in [0, 0.05) is 12.2 Å². The van der Waals surface area contributed by atoms with Gasteiger partial charge in [0.25, 0.3) is 0 Å². The lowest BCUT2D eigenvalue weighted by molar-refractivity contribution is 0.763. The minimum absolute atomic E-state index is 1.05. The van der Waals surface area contributed by atoms with E-state index in [2.05, 4.69) is 66.8 Å². The molecule has 0 atom stereocenters. The van der Waals surface area contributed by atoms with Crippen LogP contribution in [0.3, 0.4) is 0 Å². The van der Waals surface area contributed by atoms with Crippen LogP contribution in [-0.2, 0) is 6.42 Å². The molecule has 0 unspecified atom stereocenters. The van der Waals surface area contributed by atoms with Crippen LogP contribution in [0.15, 0.2) is 54.6 Å². The van der Waals surface area contributed by atoms with E-state index < -0.39 is 0 Å². The predicted molar refractivity (Wildman–Crippen MR) is 79.0 cm³/mol. The molecule has 0 saturated carbocycles. The van der Waals surface area contributed by atoms with Crippen molar-refractivity contribution in [2.45, 2.75) is 26.2 Å². The Morgan fingerprint density at radius 2 is 1.56 bits per heavy atom. The predicted octanol–water partition coefficient (Wildman–Crippen LogP) is 4.43. The first-order chi connectivity index (χ1) is 8.86. The zero-order chi connectivity index (χ0) is 12.6. The smallest absolute Gasteiger partial charge is 0.0369 e. The molecule has 2 aromatic carbocycles. The van der Waals surface area contributed by atoms with Gasteiger partial charge in [0.1, 0.15) is 0 Å². The van der Waals surface area contributed by atoms with Crippen molar-refractivity contribution in [1.82, 2.24) is 0 Å². The Bertz CT molecular complexity index is 462. The van der Waals surface area contributed by atoms with Crippen LogP contribution in [0.2, 0.25) is 0 Å². The fourth-order valence-electron chi connectivity index (χ4n) is 2.09. The van der Waals surface area contributed by atoms with Crippen LogP contribution in [0.1, 0.15) is 24.0 Å². The molecule has 0 spiro atoms. The summed E-state index contributed by atoms with van der Waals surface area (Å²) >= 11 is 0. The van der Waals surface area contributed by atoms with Gasteiger partial charge in [-0.3, -0.25) is 0 Å². The molecule has 0 aliphatic carbocycles. The number of unbranched alkanes of at least 4 members (excludes halogenated alkanes) is 1. The molecule has 94 valence electrons. The third-order valence-corrected chi connectivity index (χ3v) is 3.20. The van der Waals surface area contributed by atoms with Crippen molar-refractivity contribution < 1.29 is 0 Å². The van der Waals surface area contributed by atoms with E-state index in [4.69, 9.17) is 0 Å². The molecular weight excluding hydrogens is 218 g/mol. The second-order valence-electron chi connectivity index (χ2n) is 4.68. The Labute approximate surface area is 110 Å². The van der Waals surface area contributed by atoms with E-state index in [1.165, 1.54) is 36.1 Å². The number of anilines is 1. The summed E-state index contributed by atoms with van der Waals surface area (Å²) in [6, 6.07) is 19.2. The standard InChI is InChI=1S/C17H21N/c1-15-9-5-6-13-17(15)18-14-8-7-12-16-10-3-2-4-11-16/h2-6,9-11,13,18H,7-8,12,14H2,1H3. The molecule has 18 heavy (non-hydrogen) atoms. The summed E-state index contributed by atoms with van der Waals surface area (Å²) in [5.41, 5.74) is 4.02. The van der Waals surface area contributed by atoms with Gasteiger partial charge in [-0.2, -0.15) is 0 Å². The SMILES string of the molecule is Cc1ccccc1NCCCCc1ccccc1. The van der Waals surface area contributed by atoms with E-state index in [0.29, 0.717) is 0 Å². The molecule has 2 rings (SSSR count). The molecule has 1 heteroatoms. The second kappa shape index (κ2) is 6.85. The van der Waals surface area contributed by atoms with Gasteiger partial charge in [-0.05, 0) is 43.4 Å². The van der Waals surface area contributed by atoms with Crippen molar-refractivity contribution in [2.24, 2.45) is 0 Å². The summed E-state index contributed by atoms with van der Waals surface area (Å²) in [5, 5.41) is 3.50. The van der Waals surface area contributed by atoms with E-state index in [9.17, 15) is 0 Å². The molecule has 0 radical (unpaired) electrons. The summed E-state index contributed by atoms with van der Waals surface area (Å²) in [6.45, 7) is 3.20. The molecule has 0 fully saturated rings. The van der Waals surface area contributed by atoms with Gasteiger partial charge in [0.05, 0.1) is 0 Å². The summed E-state index contributed by atoms with van der Waals surface area (Å²) in [7, 11) is 0. The van der Waals surface area contributed by atoms with Crippen molar-refractivity contribution in [3.63, 3.8) is 0 Å². The largest absolute Gasteiger partial charge is 0.385 e. The fraction of sp³-hybridized carbons (Fsp3) is 0.294. The van der Waals surface area contributed by atoms with Gasteiger partial charge in [-0.15, -0.1) is 0 Å². The average molecular weight is 239 g/mol. The maximum atomic E-state index is 3.50. The van der Waals surface area contributed by atoms with E-state index in [1.54, 1.807) is 0 Å². The first-order valence-electron chi connectivity index (χ1n) is 6.70. The van der Waals surface area contributed by atoms with E-state index in [-0.39, 0.29) is 0 Å². The molecule has 0 aromatic heterocycles. The van der Waals surface area contributed by atoms with Gasteiger partial charge < -0.3 is 5.32 Å². The quantitative estimate of drug-likeness (QED) is 0.735. The number of para-hydroxylation sites is 1. The fourth-order valence-corrected chi connectivity index (χ4v) is 2.09. The zero-order valence-corrected chi connectivity index (χ0v) is 11.0.